The number of halogens is 1. The standard InChI is InChI=1S/C26H31ClN8O2S/c1-38(36,37)34-10-8-22(9-11-34)32-26-30-15-19(13-28)25(33-26)20-16-31-35(17-20)24-7-6-18(12-23(24)27)14-29-21-4-2-3-5-21/h6-7,12,15-17,21-22,29H,2-5,8-11,14H2,1H3,(H,30,32,33). The number of anilines is 1. The van der Waals surface area contributed by atoms with Crippen LogP contribution in [0.15, 0.2) is 36.8 Å². The molecule has 1 aromatic carbocycles. The third-order valence-electron chi connectivity index (χ3n) is 7.23. The second-order valence-electron chi connectivity index (χ2n) is 9.97. The lowest BCUT2D eigenvalue weighted by Gasteiger charge is -2.30. The maximum absolute atomic E-state index is 11.8. The molecule has 2 N–H and O–H groups in total. The highest BCUT2D eigenvalue weighted by Crippen LogP contribution is 2.27. The molecule has 0 bridgehead atoms. The number of hydrogen-bond donors (Lipinski definition) is 2. The first-order valence-electron chi connectivity index (χ1n) is 12.9. The van der Waals surface area contributed by atoms with Gasteiger partial charge in [0.25, 0.3) is 0 Å². The second-order valence-corrected chi connectivity index (χ2v) is 12.4. The van der Waals surface area contributed by atoms with Gasteiger partial charge in [-0.15, -0.1) is 0 Å². The minimum Gasteiger partial charge on any atom is -0.351 e. The highest BCUT2D eigenvalue weighted by molar-refractivity contribution is 7.88. The lowest BCUT2D eigenvalue weighted by molar-refractivity contribution is 0.331. The maximum Gasteiger partial charge on any atom is 0.223 e. The Morgan fingerprint density at radius 2 is 1.89 bits per heavy atom. The van der Waals surface area contributed by atoms with E-state index in [1.807, 2.05) is 18.2 Å². The van der Waals surface area contributed by atoms with Gasteiger partial charge in [-0.05, 0) is 43.4 Å². The second kappa shape index (κ2) is 11.4. The molecule has 0 spiro atoms. The van der Waals surface area contributed by atoms with Crippen LogP contribution in [0.5, 0.6) is 0 Å². The number of benzene rings is 1. The monoisotopic (exact) mass is 554 g/mol. The fourth-order valence-electron chi connectivity index (χ4n) is 5.08. The molecule has 2 aromatic heterocycles. The van der Waals surface area contributed by atoms with Gasteiger partial charge >= 0.3 is 0 Å². The van der Waals surface area contributed by atoms with E-state index in [2.05, 4.69) is 31.8 Å². The van der Waals surface area contributed by atoms with E-state index in [0.29, 0.717) is 59.8 Å². The van der Waals surface area contributed by atoms with E-state index < -0.39 is 10.0 Å². The average molecular weight is 555 g/mol. The van der Waals surface area contributed by atoms with E-state index in [1.54, 1.807) is 17.1 Å². The van der Waals surface area contributed by atoms with Gasteiger partial charge in [-0.2, -0.15) is 10.4 Å². The Hall–Kier alpha value is -3.04. The van der Waals surface area contributed by atoms with Crippen molar-refractivity contribution in [3.05, 3.63) is 52.9 Å². The van der Waals surface area contributed by atoms with E-state index in [9.17, 15) is 13.7 Å². The minimum absolute atomic E-state index is 0.0389. The normalized spacial score (nSPS) is 17.5. The summed E-state index contributed by atoms with van der Waals surface area (Å²) < 4.78 is 26.7. The van der Waals surface area contributed by atoms with Crippen LogP contribution in [0.1, 0.15) is 49.7 Å². The zero-order chi connectivity index (χ0) is 26.7. The zero-order valence-corrected chi connectivity index (χ0v) is 22.8. The molecule has 10 nitrogen and oxygen atoms in total. The molecule has 1 aliphatic heterocycles. The number of nitriles is 1. The van der Waals surface area contributed by atoms with Crippen LogP contribution >= 0.6 is 11.6 Å². The van der Waals surface area contributed by atoms with Crippen molar-refractivity contribution in [2.75, 3.05) is 24.7 Å². The lowest BCUT2D eigenvalue weighted by atomic mass is 10.1. The maximum atomic E-state index is 11.8. The molecule has 0 radical (unpaired) electrons. The highest BCUT2D eigenvalue weighted by atomic mass is 35.5. The number of aromatic nitrogens is 4. The Kier molecular flexibility index (Phi) is 7.95. The summed E-state index contributed by atoms with van der Waals surface area (Å²) in [5, 5.41) is 21.6. The molecule has 3 aromatic rings. The highest BCUT2D eigenvalue weighted by Gasteiger charge is 2.25. The molecule has 38 heavy (non-hydrogen) atoms. The molecule has 5 rings (SSSR count). The number of piperidine rings is 1. The first-order chi connectivity index (χ1) is 18.3. The molecular weight excluding hydrogens is 524 g/mol. The fourth-order valence-corrected chi connectivity index (χ4v) is 6.25. The summed E-state index contributed by atoms with van der Waals surface area (Å²) in [5.74, 6) is 0.390. The summed E-state index contributed by atoms with van der Waals surface area (Å²) in [6.07, 6.45) is 12.5. The molecule has 1 saturated carbocycles. The van der Waals surface area contributed by atoms with Crippen molar-refractivity contribution >= 4 is 27.6 Å². The topological polar surface area (TPSA) is 129 Å². The lowest BCUT2D eigenvalue weighted by Crippen LogP contribution is -2.42. The average Bonchev–Trinajstić information content (AvgIpc) is 3.60. The van der Waals surface area contributed by atoms with Crippen molar-refractivity contribution in [3.63, 3.8) is 0 Å². The van der Waals surface area contributed by atoms with Crippen LogP contribution in [0, 0.1) is 11.3 Å². The number of hydrogen-bond acceptors (Lipinski definition) is 8. The van der Waals surface area contributed by atoms with Crippen molar-refractivity contribution in [2.24, 2.45) is 0 Å². The van der Waals surface area contributed by atoms with Crippen molar-refractivity contribution in [3.8, 4) is 23.0 Å². The number of rotatable bonds is 8. The van der Waals surface area contributed by atoms with Crippen molar-refractivity contribution in [1.82, 2.24) is 29.4 Å². The minimum atomic E-state index is -3.19. The third-order valence-corrected chi connectivity index (χ3v) is 8.84. The van der Waals surface area contributed by atoms with E-state index in [0.717, 1.165) is 17.8 Å². The quantitative estimate of drug-likeness (QED) is 0.431. The van der Waals surface area contributed by atoms with Gasteiger partial charge < -0.3 is 10.6 Å². The van der Waals surface area contributed by atoms with Crippen LogP contribution in [0.4, 0.5) is 5.95 Å². The van der Waals surface area contributed by atoms with Gasteiger partial charge in [0.05, 0.1) is 40.6 Å². The Labute approximate surface area is 228 Å². The van der Waals surface area contributed by atoms with Crippen LogP contribution in [-0.4, -0.2) is 63.9 Å². The molecule has 200 valence electrons. The molecule has 0 atom stereocenters. The zero-order valence-electron chi connectivity index (χ0n) is 21.3. The molecule has 2 aliphatic rings. The summed E-state index contributed by atoms with van der Waals surface area (Å²) >= 11 is 6.63. The summed E-state index contributed by atoms with van der Waals surface area (Å²) in [6.45, 7) is 1.68. The molecular formula is C26H31ClN8O2S. The van der Waals surface area contributed by atoms with Gasteiger partial charge in [0.2, 0.25) is 16.0 Å². The molecule has 12 heteroatoms. The Morgan fingerprint density at radius 1 is 1.13 bits per heavy atom. The van der Waals surface area contributed by atoms with Crippen molar-refractivity contribution in [2.45, 2.75) is 57.2 Å². The molecule has 1 saturated heterocycles. The first kappa shape index (κ1) is 26.6. The number of sulfonamides is 1. The molecule has 0 unspecified atom stereocenters. The van der Waals surface area contributed by atoms with Crippen LogP contribution in [0.3, 0.4) is 0 Å². The summed E-state index contributed by atoms with van der Waals surface area (Å²) in [4.78, 5) is 8.91. The van der Waals surface area contributed by atoms with Gasteiger partial charge in [-0.25, -0.2) is 27.4 Å². The Morgan fingerprint density at radius 3 is 2.58 bits per heavy atom. The SMILES string of the molecule is CS(=O)(=O)N1CCC(Nc2ncc(C#N)c(-c3cnn(-c4ccc(CNC5CCCC5)cc4Cl)c3)n2)CC1. The van der Waals surface area contributed by atoms with E-state index >= 15 is 0 Å². The van der Waals surface area contributed by atoms with Gasteiger partial charge in [0.1, 0.15) is 6.07 Å². The Balaban J connectivity index is 1.29. The molecule has 3 heterocycles. The third kappa shape index (κ3) is 6.15. The van der Waals surface area contributed by atoms with Crippen LogP contribution in [0.25, 0.3) is 16.9 Å². The van der Waals surface area contributed by atoms with Gasteiger partial charge in [0.15, 0.2) is 0 Å². The largest absolute Gasteiger partial charge is 0.351 e. The number of nitrogens with one attached hydrogen (secondary N) is 2. The summed E-state index contributed by atoms with van der Waals surface area (Å²) in [6, 6.07) is 8.74. The van der Waals surface area contributed by atoms with Gasteiger partial charge in [-0.3, -0.25) is 0 Å². The van der Waals surface area contributed by atoms with Crippen LogP contribution in [0.2, 0.25) is 5.02 Å². The van der Waals surface area contributed by atoms with Crippen molar-refractivity contribution in [1.29, 1.82) is 5.26 Å². The Bertz CT molecular complexity index is 1440. The first-order valence-corrected chi connectivity index (χ1v) is 15.1. The predicted octanol–water partition coefficient (Wildman–Crippen LogP) is 3.72. The van der Waals surface area contributed by atoms with E-state index in [-0.39, 0.29) is 6.04 Å². The van der Waals surface area contributed by atoms with Crippen LogP contribution < -0.4 is 10.6 Å². The fraction of sp³-hybridized carbons (Fsp3) is 0.462. The number of nitrogens with zero attached hydrogens (tertiary/aromatic N) is 6. The molecule has 2 fully saturated rings. The van der Waals surface area contributed by atoms with Crippen molar-refractivity contribution < 1.29 is 8.42 Å². The van der Waals surface area contributed by atoms with E-state index in [4.69, 9.17) is 11.6 Å². The van der Waals surface area contributed by atoms with Gasteiger partial charge in [0, 0.05) is 43.5 Å². The summed E-state index contributed by atoms with van der Waals surface area (Å²) in [5.41, 5.74) is 3.34. The molecule has 1 aliphatic carbocycles. The van der Waals surface area contributed by atoms with E-state index in [1.165, 1.54) is 42.4 Å². The molecule has 0 amide bonds. The summed E-state index contributed by atoms with van der Waals surface area (Å²) in [7, 11) is -3.19. The predicted molar refractivity (Wildman–Crippen MR) is 146 cm³/mol. The van der Waals surface area contributed by atoms with Gasteiger partial charge in [-0.1, -0.05) is 30.5 Å². The van der Waals surface area contributed by atoms with Crippen LogP contribution in [-0.2, 0) is 16.6 Å². The smallest absolute Gasteiger partial charge is 0.223 e.